The molecule has 1 aromatic rings. The van der Waals surface area contributed by atoms with Gasteiger partial charge < -0.3 is 4.90 Å². The predicted octanol–water partition coefficient (Wildman–Crippen LogP) is 2.92. The molecular formula is C21H32N2O3S. The van der Waals surface area contributed by atoms with E-state index < -0.39 is 10.0 Å². The third-order valence-corrected chi connectivity index (χ3v) is 7.73. The van der Waals surface area contributed by atoms with Crippen molar-refractivity contribution in [3.05, 3.63) is 35.9 Å². The fourth-order valence-corrected chi connectivity index (χ4v) is 5.86. The van der Waals surface area contributed by atoms with Gasteiger partial charge in [0.15, 0.2) is 0 Å². The van der Waals surface area contributed by atoms with Crippen LogP contribution in [0.3, 0.4) is 0 Å². The van der Waals surface area contributed by atoms with E-state index in [0.717, 1.165) is 38.8 Å². The zero-order chi connectivity index (χ0) is 19.3. The molecule has 27 heavy (non-hydrogen) atoms. The Labute approximate surface area is 163 Å². The molecule has 1 aromatic carbocycles. The molecule has 2 aliphatic heterocycles. The number of likely N-dealkylation sites (tertiary alicyclic amines) is 1. The number of benzene rings is 1. The molecule has 150 valence electrons. The quantitative estimate of drug-likeness (QED) is 0.748. The number of piperidine rings is 2. The van der Waals surface area contributed by atoms with Crippen LogP contribution in [0.25, 0.3) is 0 Å². The minimum absolute atomic E-state index is 0.156. The van der Waals surface area contributed by atoms with Crippen molar-refractivity contribution < 1.29 is 13.2 Å². The SMILES string of the molecule is C[C@H]1CCCN(C(=O)[C@@H]2CCCN(S(=O)(=O)CCCc3ccccc3)C2)C1. The van der Waals surface area contributed by atoms with E-state index in [0.29, 0.717) is 25.4 Å². The van der Waals surface area contributed by atoms with Crippen LogP contribution in [0.2, 0.25) is 0 Å². The van der Waals surface area contributed by atoms with Gasteiger partial charge in [-0.05, 0) is 50.0 Å². The average molecular weight is 393 g/mol. The summed E-state index contributed by atoms with van der Waals surface area (Å²) in [5.41, 5.74) is 1.17. The van der Waals surface area contributed by atoms with E-state index >= 15 is 0 Å². The number of rotatable bonds is 6. The van der Waals surface area contributed by atoms with Crippen LogP contribution in [0.1, 0.15) is 44.6 Å². The maximum Gasteiger partial charge on any atom is 0.227 e. The maximum atomic E-state index is 12.9. The third kappa shape index (κ3) is 5.55. The van der Waals surface area contributed by atoms with E-state index in [4.69, 9.17) is 0 Å². The second-order valence-electron chi connectivity index (χ2n) is 8.13. The van der Waals surface area contributed by atoms with Crippen molar-refractivity contribution in [1.82, 2.24) is 9.21 Å². The summed E-state index contributed by atoms with van der Waals surface area (Å²) in [6, 6.07) is 9.98. The Hall–Kier alpha value is -1.40. The highest BCUT2D eigenvalue weighted by Gasteiger charge is 2.34. The van der Waals surface area contributed by atoms with Crippen molar-refractivity contribution in [2.45, 2.75) is 45.4 Å². The van der Waals surface area contributed by atoms with Crippen molar-refractivity contribution in [3.63, 3.8) is 0 Å². The monoisotopic (exact) mass is 392 g/mol. The zero-order valence-corrected chi connectivity index (χ0v) is 17.2. The molecule has 0 unspecified atom stereocenters. The number of hydrogen-bond donors (Lipinski definition) is 0. The lowest BCUT2D eigenvalue weighted by Gasteiger charge is -2.37. The summed E-state index contributed by atoms with van der Waals surface area (Å²) in [6.45, 7) is 4.73. The zero-order valence-electron chi connectivity index (χ0n) is 16.3. The molecule has 3 rings (SSSR count). The molecule has 2 saturated heterocycles. The van der Waals surface area contributed by atoms with E-state index in [2.05, 4.69) is 6.92 Å². The van der Waals surface area contributed by atoms with Gasteiger partial charge in [0.25, 0.3) is 0 Å². The topological polar surface area (TPSA) is 57.7 Å². The number of carbonyl (C=O) groups excluding carboxylic acids is 1. The molecule has 0 radical (unpaired) electrons. The highest BCUT2D eigenvalue weighted by Crippen LogP contribution is 2.24. The average Bonchev–Trinajstić information content (AvgIpc) is 2.68. The molecule has 5 nitrogen and oxygen atoms in total. The van der Waals surface area contributed by atoms with Crippen LogP contribution in [0.4, 0.5) is 0 Å². The molecule has 0 aliphatic carbocycles. The molecule has 2 heterocycles. The van der Waals surface area contributed by atoms with E-state index in [1.807, 2.05) is 35.2 Å². The van der Waals surface area contributed by atoms with Gasteiger partial charge in [-0.3, -0.25) is 4.79 Å². The molecule has 1 amide bonds. The lowest BCUT2D eigenvalue weighted by Crippen LogP contribution is -2.49. The van der Waals surface area contributed by atoms with Crippen molar-refractivity contribution in [1.29, 1.82) is 0 Å². The molecular weight excluding hydrogens is 360 g/mol. The first kappa shape index (κ1) is 20.3. The molecule has 2 fully saturated rings. The second-order valence-corrected chi connectivity index (χ2v) is 10.2. The molecule has 0 spiro atoms. The minimum atomic E-state index is -3.30. The Morgan fingerprint density at radius 2 is 1.81 bits per heavy atom. The first-order chi connectivity index (χ1) is 13.0. The Morgan fingerprint density at radius 3 is 2.56 bits per heavy atom. The number of amides is 1. The maximum absolute atomic E-state index is 12.9. The van der Waals surface area contributed by atoms with Crippen LogP contribution in [0.5, 0.6) is 0 Å². The number of aryl methyl sites for hydroxylation is 1. The van der Waals surface area contributed by atoms with Crippen molar-refractivity contribution in [2.24, 2.45) is 11.8 Å². The van der Waals surface area contributed by atoms with Gasteiger partial charge in [0.1, 0.15) is 0 Å². The second kappa shape index (κ2) is 9.20. The van der Waals surface area contributed by atoms with Gasteiger partial charge in [0, 0.05) is 26.2 Å². The van der Waals surface area contributed by atoms with E-state index in [9.17, 15) is 13.2 Å². The molecule has 0 saturated carbocycles. The smallest absolute Gasteiger partial charge is 0.227 e. The summed E-state index contributed by atoms with van der Waals surface area (Å²) in [7, 11) is -3.30. The van der Waals surface area contributed by atoms with Crippen LogP contribution < -0.4 is 0 Å². The number of hydrogen-bond acceptors (Lipinski definition) is 3. The first-order valence-corrected chi connectivity index (χ1v) is 11.9. The molecule has 0 aromatic heterocycles. The summed E-state index contributed by atoms with van der Waals surface area (Å²) in [4.78, 5) is 14.8. The van der Waals surface area contributed by atoms with E-state index in [1.165, 1.54) is 12.0 Å². The van der Waals surface area contributed by atoms with Crippen molar-refractivity contribution >= 4 is 15.9 Å². The number of sulfonamides is 1. The Balaban J connectivity index is 1.53. The largest absolute Gasteiger partial charge is 0.342 e. The van der Waals surface area contributed by atoms with Crippen molar-refractivity contribution in [3.8, 4) is 0 Å². The summed E-state index contributed by atoms with van der Waals surface area (Å²) >= 11 is 0. The third-order valence-electron chi connectivity index (χ3n) is 5.81. The summed E-state index contributed by atoms with van der Waals surface area (Å²) in [5.74, 6) is 0.687. The first-order valence-electron chi connectivity index (χ1n) is 10.3. The number of carbonyl (C=O) groups is 1. The Kier molecular flexibility index (Phi) is 6.93. The molecule has 6 heteroatoms. The molecule has 0 N–H and O–H groups in total. The summed E-state index contributed by atoms with van der Waals surface area (Å²) in [6.07, 6.45) is 5.20. The van der Waals surface area contributed by atoms with Crippen LogP contribution in [-0.4, -0.2) is 55.5 Å². The Bertz CT molecular complexity index is 720. The fraction of sp³-hybridized carbons (Fsp3) is 0.667. The van der Waals surface area contributed by atoms with Gasteiger partial charge in [-0.1, -0.05) is 37.3 Å². The van der Waals surface area contributed by atoms with Gasteiger partial charge in [-0.2, -0.15) is 0 Å². The van der Waals surface area contributed by atoms with E-state index in [1.54, 1.807) is 4.31 Å². The Morgan fingerprint density at radius 1 is 1.07 bits per heavy atom. The van der Waals surface area contributed by atoms with E-state index in [-0.39, 0.29) is 17.6 Å². The van der Waals surface area contributed by atoms with Gasteiger partial charge in [0.05, 0.1) is 11.7 Å². The molecule has 2 atom stereocenters. The van der Waals surface area contributed by atoms with Crippen LogP contribution in [-0.2, 0) is 21.2 Å². The molecule has 0 bridgehead atoms. The van der Waals surface area contributed by atoms with Gasteiger partial charge in [-0.15, -0.1) is 0 Å². The van der Waals surface area contributed by atoms with Crippen LogP contribution >= 0.6 is 0 Å². The number of nitrogens with zero attached hydrogens (tertiary/aromatic N) is 2. The lowest BCUT2D eigenvalue weighted by molar-refractivity contribution is -0.138. The van der Waals surface area contributed by atoms with Gasteiger partial charge in [-0.25, -0.2) is 12.7 Å². The standard InChI is InChI=1S/C21H32N2O3S/c1-18-8-5-13-22(16-18)21(24)20-12-6-14-23(17-20)27(25,26)15-7-11-19-9-3-2-4-10-19/h2-4,9-10,18,20H,5-8,11-17H2,1H3/t18-,20+/m0/s1. The van der Waals surface area contributed by atoms with Crippen molar-refractivity contribution in [2.75, 3.05) is 31.9 Å². The molecule has 2 aliphatic rings. The normalized spacial score (nSPS) is 24.7. The highest BCUT2D eigenvalue weighted by molar-refractivity contribution is 7.89. The van der Waals surface area contributed by atoms with Gasteiger partial charge in [0.2, 0.25) is 15.9 Å². The highest BCUT2D eigenvalue weighted by atomic mass is 32.2. The fourth-order valence-electron chi connectivity index (χ4n) is 4.28. The minimum Gasteiger partial charge on any atom is -0.342 e. The summed E-state index contributed by atoms with van der Waals surface area (Å²) in [5, 5.41) is 0. The summed E-state index contributed by atoms with van der Waals surface area (Å²) < 4.78 is 27.1. The predicted molar refractivity (Wildman–Crippen MR) is 108 cm³/mol. The van der Waals surface area contributed by atoms with Crippen LogP contribution in [0.15, 0.2) is 30.3 Å². The van der Waals surface area contributed by atoms with Gasteiger partial charge >= 0.3 is 0 Å². The van der Waals surface area contributed by atoms with Crippen LogP contribution in [0, 0.1) is 11.8 Å². The lowest BCUT2D eigenvalue weighted by atomic mass is 9.94.